The molecule has 2 heterocycles. The Morgan fingerprint density at radius 1 is 1.35 bits per heavy atom. The molecule has 0 aromatic carbocycles. The molecule has 0 radical (unpaired) electrons. The summed E-state index contributed by atoms with van der Waals surface area (Å²) in [5.74, 6) is 0.0280. The lowest BCUT2D eigenvalue weighted by Crippen LogP contribution is -2.41. The molecule has 0 aliphatic carbocycles. The number of Topliss-reactive ketones (excluding diaryl/α,β-unsaturated/α-hetero) is 1. The fourth-order valence-electron chi connectivity index (χ4n) is 2.87. The smallest absolute Gasteiger partial charge is 0.224 e. The van der Waals surface area contributed by atoms with Gasteiger partial charge in [-0.1, -0.05) is 0 Å². The fourth-order valence-corrected chi connectivity index (χ4v) is 2.87. The van der Waals surface area contributed by atoms with E-state index in [1.54, 1.807) is 16.6 Å². The van der Waals surface area contributed by atoms with Gasteiger partial charge in [0.2, 0.25) is 5.91 Å². The second kappa shape index (κ2) is 7.70. The number of hydrogen-bond donors (Lipinski definition) is 0. The van der Waals surface area contributed by atoms with Crippen LogP contribution in [0.5, 0.6) is 0 Å². The lowest BCUT2D eigenvalue weighted by atomic mass is 10.1. The van der Waals surface area contributed by atoms with Crippen molar-refractivity contribution in [1.82, 2.24) is 14.7 Å². The first kappa shape index (κ1) is 17.6. The number of carbonyl (C=O) groups is 2. The van der Waals surface area contributed by atoms with Crippen LogP contribution < -0.4 is 0 Å². The van der Waals surface area contributed by atoms with Gasteiger partial charge in [-0.05, 0) is 20.8 Å². The summed E-state index contributed by atoms with van der Waals surface area (Å²) in [6.45, 7) is 7.91. The van der Waals surface area contributed by atoms with Crippen LogP contribution in [0.15, 0.2) is 0 Å². The number of rotatable bonds is 6. The predicted octanol–water partition coefficient (Wildman–Crippen LogP) is 0.966. The van der Waals surface area contributed by atoms with Gasteiger partial charge in [0.1, 0.15) is 0 Å². The van der Waals surface area contributed by atoms with E-state index in [2.05, 4.69) is 5.10 Å². The van der Waals surface area contributed by atoms with Gasteiger partial charge in [-0.25, -0.2) is 0 Å². The highest BCUT2D eigenvalue weighted by Crippen LogP contribution is 2.14. The van der Waals surface area contributed by atoms with Gasteiger partial charge in [0.05, 0.1) is 37.2 Å². The molecular weight excluding hydrogens is 298 g/mol. The van der Waals surface area contributed by atoms with Gasteiger partial charge in [0.25, 0.3) is 0 Å². The molecule has 1 aliphatic rings. The van der Waals surface area contributed by atoms with Crippen LogP contribution in [0.25, 0.3) is 0 Å². The van der Waals surface area contributed by atoms with Crippen molar-refractivity contribution in [2.45, 2.75) is 39.8 Å². The number of nitrogens with zero attached hydrogens (tertiary/aromatic N) is 3. The van der Waals surface area contributed by atoms with Crippen LogP contribution in [-0.4, -0.2) is 65.9 Å². The van der Waals surface area contributed by atoms with Crippen molar-refractivity contribution in [1.29, 1.82) is 0 Å². The van der Waals surface area contributed by atoms with Crippen molar-refractivity contribution in [2.75, 3.05) is 33.4 Å². The Morgan fingerprint density at radius 3 is 2.65 bits per heavy atom. The molecule has 1 saturated heterocycles. The topological polar surface area (TPSA) is 73.7 Å². The molecule has 0 unspecified atom stereocenters. The Balaban J connectivity index is 1.88. The van der Waals surface area contributed by atoms with Gasteiger partial charge in [-0.2, -0.15) is 5.10 Å². The van der Waals surface area contributed by atoms with Crippen LogP contribution in [0, 0.1) is 13.8 Å². The zero-order chi connectivity index (χ0) is 17.0. The summed E-state index contributed by atoms with van der Waals surface area (Å²) in [7, 11) is 1.77. The lowest BCUT2D eigenvalue weighted by molar-refractivity contribution is -0.136. The van der Waals surface area contributed by atoms with Gasteiger partial charge in [-0.3, -0.25) is 14.3 Å². The van der Waals surface area contributed by atoms with E-state index in [4.69, 9.17) is 9.47 Å². The van der Waals surface area contributed by atoms with Crippen LogP contribution in [0.3, 0.4) is 0 Å². The van der Waals surface area contributed by atoms with Gasteiger partial charge < -0.3 is 14.4 Å². The highest BCUT2D eigenvalue weighted by Gasteiger charge is 2.20. The van der Waals surface area contributed by atoms with E-state index in [1.165, 1.54) is 6.92 Å². The maximum atomic E-state index is 12.2. The quantitative estimate of drug-likeness (QED) is 0.729. The number of likely N-dealkylation sites (N-methyl/N-ethyl adjacent to an activating group) is 1. The van der Waals surface area contributed by atoms with E-state index in [9.17, 15) is 9.59 Å². The van der Waals surface area contributed by atoms with Crippen molar-refractivity contribution in [3.05, 3.63) is 17.0 Å². The minimum Gasteiger partial charge on any atom is -0.376 e. The molecule has 128 valence electrons. The van der Waals surface area contributed by atoms with Crippen LogP contribution >= 0.6 is 0 Å². The van der Waals surface area contributed by atoms with Gasteiger partial charge >= 0.3 is 0 Å². The molecule has 1 aliphatic heterocycles. The number of hydrogen-bond acceptors (Lipinski definition) is 5. The van der Waals surface area contributed by atoms with Gasteiger partial charge in [-0.15, -0.1) is 0 Å². The number of amides is 1. The molecule has 0 bridgehead atoms. The number of ketones is 1. The molecule has 1 aromatic rings. The average Bonchev–Trinajstić information content (AvgIpc) is 2.80. The molecule has 1 aromatic heterocycles. The Labute approximate surface area is 136 Å². The number of ether oxygens (including phenoxy) is 2. The summed E-state index contributed by atoms with van der Waals surface area (Å²) in [6, 6.07) is 0. The number of aryl methyl sites for hydroxylation is 2. The second-order valence-electron chi connectivity index (χ2n) is 5.92. The molecule has 23 heavy (non-hydrogen) atoms. The summed E-state index contributed by atoms with van der Waals surface area (Å²) in [5.41, 5.74) is 2.18. The van der Waals surface area contributed by atoms with Crippen molar-refractivity contribution < 1.29 is 19.1 Å². The minimum absolute atomic E-state index is 0.00384. The maximum absolute atomic E-state index is 12.2. The molecule has 2 rings (SSSR count). The average molecular weight is 323 g/mol. The first-order chi connectivity index (χ1) is 10.9. The van der Waals surface area contributed by atoms with Crippen molar-refractivity contribution >= 4 is 11.7 Å². The van der Waals surface area contributed by atoms with E-state index < -0.39 is 0 Å². The first-order valence-electron chi connectivity index (χ1n) is 7.88. The maximum Gasteiger partial charge on any atom is 0.224 e. The highest BCUT2D eigenvalue weighted by molar-refractivity contribution is 5.96. The Bertz CT molecular complexity index is 576. The number of carbonyl (C=O) groups excluding carboxylic acids is 2. The molecule has 0 N–H and O–H groups in total. The molecule has 1 amide bonds. The first-order valence-corrected chi connectivity index (χ1v) is 7.88. The van der Waals surface area contributed by atoms with E-state index in [0.29, 0.717) is 50.6 Å². The van der Waals surface area contributed by atoms with Crippen LogP contribution in [-0.2, 0) is 20.8 Å². The third-order valence-electron chi connectivity index (χ3n) is 4.06. The standard InChI is InChI=1S/C16H25N3O4/c1-11-16(13(3)20)12(2)19(17-11)6-5-15(21)18(4)9-14-10-22-7-8-23-14/h14H,5-10H2,1-4H3/t14-/m1/s1. The predicted molar refractivity (Wildman–Crippen MR) is 84.5 cm³/mol. The molecule has 7 heteroatoms. The second-order valence-corrected chi connectivity index (χ2v) is 5.92. The fraction of sp³-hybridized carbons (Fsp3) is 0.688. The SMILES string of the molecule is CC(=O)c1c(C)nn(CCC(=O)N(C)C[C@@H]2COCCO2)c1C. The minimum atomic E-state index is -0.0595. The Morgan fingerprint density at radius 2 is 2.09 bits per heavy atom. The van der Waals surface area contributed by atoms with E-state index in [0.717, 1.165) is 5.69 Å². The summed E-state index contributed by atoms with van der Waals surface area (Å²) >= 11 is 0. The van der Waals surface area contributed by atoms with Crippen LogP contribution in [0.1, 0.15) is 35.1 Å². The van der Waals surface area contributed by atoms with Crippen LogP contribution in [0.2, 0.25) is 0 Å². The monoisotopic (exact) mass is 323 g/mol. The third-order valence-corrected chi connectivity index (χ3v) is 4.06. The Kier molecular flexibility index (Phi) is 5.90. The normalized spacial score (nSPS) is 18.0. The van der Waals surface area contributed by atoms with Crippen LogP contribution in [0.4, 0.5) is 0 Å². The van der Waals surface area contributed by atoms with Crippen molar-refractivity contribution in [3.8, 4) is 0 Å². The summed E-state index contributed by atoms with van der Waals surface area (Å²) < 4.78 is 12.6. The van der Waals surface area contributed by atoms with Gasteiger partial charge in [0, 0.05) is 32.3 Å². The summed E-state index contributed by atoms with van der Waals surface area (Å²) in [6.07, 6.45) is 0.277. The highest BCUT2D eigenvalue weighted by atomic mass is 16.6. The largest absolute Gasteiger partial charge is 0.376 e. The molecule has 0 spiro atoms. The molecule has 7 nitrogen and oxygen atoms in total. The van der Waals surface area contributed by atoms with Gasteiger partial charge in [0.15, 0.2) is 5.78 Å². The van der Waals surface area contributed by atoms with E-state index in [1.807, 2.05) is 13.8 Å². The molecule has 0 saturated carbocycles. The Hall–Kier alpha value is -1.73. The van der Waals surface area contributed by atoms with E-state index >= 15 is 0 Å². The third kappa shape index (κ3) is 4.39. The summed E-state index contributed by atoms with van der Waals surface area (Å²) in [5, 5.41) is 4.36. The zero-order valence-corrected chi connectivity index (χ0v) is 14.3. The molecule has 1 fully saturated rings. The molecular formula is C16H25N3O4. The zero-order valence-electron chi connectivity index (χ0n) is 14.3. The van der Waals surface area contributed by atoms with Crippen molar-refractivity contribution in [2.24, 2.45) is 0 Å². The lowest BCUT2D eigenvalue weighted by Gasteiger charge is -2.27. The number of aromatic nitrogens is 2. The molecule has 1 atom stereocenters. The van der Waals surface area contributed by atoms with Crippen molar-refractivity contribution in [3.63, 3.8) is 0 Å². The van der Waals surface area contributed by atoms with E-state index in [-0.39, 0.29) is 17.8 Å². The summed E-state index contributed by atoms with van der Waals surface area (Å²) in [4.78, 5) is 25.5.